The van der Waals surface area contributed by atoms with E-state index in [0.29, 0.717) is 0 Å². The van der Waals surface area contributed by atoms with Gasteiger partial charge in [-0.25, -0.2) is 4.98 Å². The lowest BCUT2D eigenvalue weighted by molar-refractivity contribution is 0.107. The van der Waals surface area contributed by atoms with Crippen molar-refractivity contribution in [2.45, 2.75) is 0 Å². The number of carbonyl (C=O) groups is 1. The lowest BCUT2D eigenvalue weighted by Gasteiger charge is -1.77. The van der Waals surface area contributed by atoms with Crippen LogP contribution in [-0.4, -0.2) is 18.5 Å². The molecule has 0 atom stereocenters. The summed E-state index contributed by atoms with van der Waals surface area (Å²) in [5.41, 5.74) is -0.413. The minimum Gasteiger partial charge on any atom is -0.451 e. The third-order valence-electron chi connectivity index (χ3n) is 0.685. The summed E-state index contributed by atoms with van der Waals surface area (Å²) in [4.78, 5) is 13.6. The van der Waals surface area contributed by atoms with Crippen molar-refractivity contribution in [1.82, 2.24) is 4.98 Å². The van der Waals surface area contributed by atoms with Gasteiger partial charge in [0.25, 0.3) is 0 Å². The van der Waals surface area contributed by atoms with E-state index >= 15 is 0 Å². The van der Waals surface area contributed by atoms with Gasteiger partial charge in [-0.2, -0.15) is 0 Å². The van der Waals surface area contributed by atoms with Gasteiger partial charge in [0.2, 0.25) is 0 Å². The second-order valence-corrected chi connectivity index (χ2v) is 1.24. The van der Waals surface area contributed by atoms with Crippen LogP contribution in [0.3, 0.4) is 0 Å². The van der Waals surface area contributed by atoms with Gasteiger partial charge in [0.05, 0.1) is 0 Å². The Labute approximate surface area is 47.1 Å². The van der Waals surface area contributed by atoms with E-state index in [-0.39, 0.29) is 5.69 Å². The number of hydrogen-bond donors (Lipinski definition) is 0. The molecule has 8 heavy (non-hydrogen) atoms. The molecular formula is C4H2BNO2. The fourth-order valence-corrected chi connectivity index (χ4v) is 0.334. The van der Waals surface area contributed by atoms with Crippen LogP contribution in [0.2, 0.25) is 0 Å². The standard InChI is InChI=1S/C4H2BNO2/c5-4(7)3-1-8-2-6-3/h1-2H. The van der Waals surface area contributed by atoms with Gasteiger partial charge in [0.15, 0.2) is 14.2 Å². The van der Waals surface area contributed by atoms with Crippen LogP contribution in [0.4, 0.5) is 0 Å². The fourth-order valence-electron chi connectivity index (χ4n) is 0.334. The second kappa shape index (κ2) is 1.82. The van der Waals surface area contributed by atoms with Crippen molar-refractivity contribution in [2.24, 2.45) is 0 Å². The summed E-state index contributed by atoms with van der Waals surface area (Å²) in [7, 11) is 4.80. The molecule has 1 heterocycles. The van der Waals surface area contributed by atoms with Crippen LogP contribution >= 0.6 is 0 Å². The number of nitrogens with zero attached hydrogens (tertiary/aromatic N) is 1. The Hall–Kier alpha value is -1.06. The second-order valence-electron chi connectivity index (χ2n) is 1.24. The van der Waals surface area contributed by atoms with Gasteiger partial charge in [-0.15, -0.1) is 0 Å². The maximum atomic E-state index is 10.2. The molecule has 0 fully saturated rings. The molecule has 0 aliphatic rings. The van der Waals surface area contributed by atoms with Gasteiger partial charge in [-0.1, -0.05) is 0 Å². The summed E-state index contributed by atoms with van der Waals surface area (Å²) in [5, 5.41) is 0. The predicted octanol–water partition coefficient (Wildman–Crippen LogP) is -0.0167. The number of aromatic nitrogens is 1. The molecule has 0 saturated carbocycles. The molecule has 1 aromatic heterocycles. The van der Waals surface area contributed by atoms with E-state index in [0.717, 1.165) is 6.39 Å². The van der Waals surface area contributed by atoms with Crippen molar-refractivity contribution in [3.63, 3.8) is 0 Å². The Balaban J connectivity index is 2.93. The number of oxazole rings is 1. The average molecular weight is 107 g/mol. The predicted molar refractivity (Wildman–Crippen MR) is 26.6 cm³/mol. The summed E-state index contributed by atoms with van der Waals surface area (Å²) < 4.78 is 4.46. The highest BCUT2D eigenvalue weighted by molar-refractivity contribution is 6.61. The van der Waals surface area contributed by atoms with Crippen LogP contribution in [0, 0.1) is 0 Å². The SMILES string of the molecule is [B]C(=O)c1cocn1. The summed E-state index contributed by atoms with van der Waals surface area (Å²) >= 11 is 0. The number of carbonyl (C=O) groups excluding carboxylic acids is 1. The van der Waals surface area contributed by atoms with Crippen molar-refractivity contribution >= 4 is 13.5 Å². The van der Waals surface area contributed by atoms with E-state index < -0.39 is 5.68 Å². The van der Waals surface area contributed by atoms with Gasteiger partial charge in [-0.3, -0.25) is 0 Å². The van der Waals surface area contributed by atoms with Gasteiger partial charge in [0, 0.05) is 0 Å². The Morgan fingerprint density at radius 1 is 1.88 bits per heavy atom. The minimum absolute atomic E-state index is 0.157. The number of rotatable bonds is 1. The van der Waals surface area contributed by atoms with E-state index in [4.69, 9.17) is 7.85 Å². The first kappa shape index (κ1) is 5.09. The quantitative estimate of drug-likeness (QED) is 0.473. The first-order valence-electron chi connectivity index (χ1n) is 1.98. The molecule has 0 spiro atoms. The van der Waals surface area contributed by atoms with Crippen molar-refractivity contribution in [3.8, 4) is 0 Å². The van der Waals surface area contributed by atoms with Crippen molar-refractivity contribution < 1.29 is 9.21 Å². The monoisotopic (exact) mass is 107 g/mol. The molecule has 0 N–H and O–H groups in total. The zero-order valence-electron chi connectivity index (χ0n) is 4.00. The Kier molecular flexibility index (Phi) is 1.16. The molecule has 4 heteroatoms. The molecule has 0 bridgehead atoms. The van der Waals surface area contributed by atoms with Crippen LogP contribution in [0.1, 0.15) is 10.5 Å². The number of hydrogen-bond acceptors (Lipinski definition) is 3. The molecule has 1 aromatic rings. The molecule has 0 unspecified atom stereocenters. The molecule has 38 valence electrons. The van der Waals surface area contributed by atoms with Gasteiger partial charge >= 0.3 is 0 Å². The molecular weight excluding hydrogens is 105 g/mol. The lowest BCUT2D eigenvalue weighted by atomic mass is 10.0. The van der Waals surface area contributed by atoms with Crippen molar-refractivity contribution in [1.29, 1.82) is 0 Å². The van der Waals surface area contributed by atoms with E-state index in [2.05, 4.69) is 9.40 Å². The minimum atomic E-state index is -0.571. The summed E-state index contributed by atoms with van der Waals surface area (Å²) in [6.45, 7) is 0. The third-order valence-corrected chi connectivity index (χ3v) is 0.685. The molecule has 0 aromatic carbocycles. The zero-order valence-corrected chi connectivity index (χ0v) is 4.00. The fraction of sp³-hybridized carbons (Fsp3) is 0. The van der Waals surface area contributed by atoms with Gasteiger partial charge in [-0.05, 0) is 0 Å². The smallest absolute Gasteiger partial charge is 0.181 e. The molecule has 2 radical (unpaired) electrons. The van der Waals surface area contributed by atoms with Gasteiger partial charge in [0.1, 0.15) is 17.6 Å². The van der Waals surface area contributed by atoms with Gasteiger partial charge < -0.3 is 9.21 Å². The largest absolute Gasteiger partial charge is 0.451 e. The van der Waals surface area contributed by atoms with Crippen LogP contribution in [-0.2, 0) is 0 Å². The van der Waals surface area contributed by atoms with Crippen LogP contribution < -0.4 is 0 Å². The van der Waals surface area contributed by atoms with E-state index in [1.807, 2.05) is 0 Å². The molecule has 3 nitrogen and oxygen atoms in total. The summed E-state index contributed by atoms with van der Waals surface area (Å²) in [6.07, 6.45) is 2.35. The van der Waals surface area contributed by atoms with Crippen LogP contribution in [0.5, 0.6) is 0 Å². The topological polar surface area (TPSA) is 43.1 Å². The Morgan fingerprint density at radius 3 is 2.88 bits per heavy atom. The highest BCUT2D eigenvalue weighted by Crippen LogP contribution is 1.91. The van der Waals surface area contributed by atoms with Crippen molar-refractivity contribution in [2.75, 3.05) is 0 Å². The van der Waals surface area contributed by atoms with E-state index in [9.17, 15) is 4.79 Å². The highest BCUT2D eigenvalue weighted by atomic mass is 16.3. The normalized spacial score (nSPS) is 9.00. The van der Waals surface area contributed by atoms with E-state index in [1.165, 1.54) is 6.26 Å². The van der Waals surface area contributed by atoms with E-state index in [1.54, 1.807) is 0 Å². The summed E-state index contributed by atoms with van der Waals surface area (Å²) in [6, 6.07) is 0. The molecule has 0 aliphatic carbocycles. The molecule has 0 amide bonds. The first-order chi connectivity index (χ1) is 3.80. The molecule has 0 aliphatic heterocycles. The maximum absolute atomic E-state index is 10.2. The average Bonchev–Trinajstić information content (AvgIpc) is 2.12. The van der Waals surface area contributed by atoms with Crippen molar-refractivity contribution in [3.05, 3.63) is 18.4 Å². The lowest BCUT2D eigenvalue weighted by Crippen LogP contribution is -1.95. The van der Waals surface area contributed by atoms with Crippen LogP contribution in [0.15, 0.2) is 17.1 Å². The summed E-state index contributed by atoms with van der Waals surface area (Å²) in [5.74, 6) is 0. The first-order valence-corrected chi connectivity index (χ1v) is 1.98. The zero-order chi connectivity index (χ0) is 5.98. The Bertz CT molecular complexity index is 182. The molecule has 0 saturated heterocycles. The third kappa shape index (κ3) is 0.778. The van der Waals surface area contributed by atoms with Crippen LogP contribution in [0.25, 0.3) is 0 Å². The highest BCUT2D eigenvalue weighted by Gasteiger charge is 1.97. The Morgan fingerprint density at radius 2 is 2.62 bits per heavy atom. The molecule has 1 rings (SSSR count). The maximum Gasteiger partial charge on any atom is 0.181 e.